The van der Waals surface area contributed by atoms with E-state index in [1.54, 1.807) is 0 Å². The van der Waals surface area contributed by atoms with Crippen LogP contribution >= 0.6 is 0 Å². The van der Waals surface area contributed by atoms with Gasteiger partial charge in [-0.05, 0) is 69.8 Å². The highest BCUT2D eigenvalue weighted by molar-refractivity contribution is 7.88. The summed E-state index contributed by atoms with van der Waals surface area (Å²) in [6.45, 7) is 2.94. The van der Waals surface area contributed by atoms with E-state index in [1.165, 1.54) is 19.9 Å². The topological polar surface area (TPSA) is 136 Å². The van der Waals surface area contributed by atoms with Gasteiger partial charge in [-0.2, -0.15) is 18.3 Å². The van der Waals surface area contributed by atoms with Crippen molar-refractivity contribution < 1.29 is 31.2 Å². The van der Waals surface area contributed by atoms with Crippen LogP contribution in [-0.2, 0) is 21.0 Å². The van der Waals surface area contributed by atoms with E-state index in [1.807, 2.05) is 0 Å². The maximum absolute atomic E-state index is 14.0. The van der Waals surface area contributed by atoms with Gasteiger partial charge in [-0.25, -0.2) is 17.8 Å². The summed E-state index contributed by atoms with van der Waals surface area (Å²) in [6, 6.07) is -0.329. The number of nitrogens with two attached hydrogens (primary N) is 1. The number of hydrogen-bond donors (Lipinski definition) is 3. The van der Waals surface area contributed by atoms with Crippen LogP contribution in [0.25, 0.3) is 6.20 Å². The lowest BCUT2D eigenvalue weighted by atomic mass is 9.47. The summed E-state index contributed by atoms with van der Waals surface area (Å²) in [4.78, 5) is 25.2. The fraction of sp³-hybridized carbons (Fsp3) is 0.682. The highest BCUT2D eigenvalue weighted by atomic mass is 32.2. The van der Waals surface area contributed by atoms with Crippen molar-refractivity contribution in [1.82, 2.24) is 19.8 Å². The first-order chi connectivity index (χ1) is 16.0. The molecule has 0 aromatic carbocycles. The van der Waals surface area contributed by atoms with Gasteiger partial charge in [0.25, 0.3) is 5.91 Å². The number of alkyl halides is 3. The van der Waals surface area contributed by atoms with E-state index in [0.29, 0.717) is 23.4 Å². The molecule has 0 saturated heterocycles. The molecule has 4 fully saturated rings. The molecule has 2 amide bonds. The Hall–Kier alpha value is -2.41. The molecule has 0 radical (unpaired) electrons. The first-order valence-corrected chi connectivity index (χ1v) is 13.3. The molecule has 1 aromatic heterocycles. The van der Waals surface area contributed by atoms with Gasteiger partial charge in [-0.1, -0.05) is 0 Å². The Kier molecular flexibility index (Phi) is 6.11. The Morgan fingerprint density at radius 2 is 1.80 bits per heavy atom. The van der Waals surface area contributed by atoms with Gasteiger partial charge in [0.15, 0.2) is 5.69 Å². The predicted molar refractivity (Wildman–Crippen MR) is 121 cm³/mol. The smallest absolute Gasteiger partial charge is 0.369 e. The molecular weight excluding hydrogens is 487 g/mol. The van der Waals surface area contributed by atoms with E-state index >= 15 is 0 Å². The number of sulfonamides is 1. The molecule has 4 N–H and O–H groups in total. The summed E-state index contributed by atoms with van der Waals surface area (Å²) in [5.41, 5.74) is 2.05. The number of hydrogen-bond acceptors (Lipinski definition) is 5. The minimum atomic E-state index is -4.89. The quantitative estimate of drug-likeness (QED) is 0.509. The van der Waals surface area contributed by atoms with Crippen LogP contribution in [-0.4, -0.2) is 47.8 Å². The molecule has 5 rings (SSSR count). The maximum Gasteiger partial charge on any atom is 0.434 e. The summed E-state index contributed by atoms with van der Waals surface area (Å²) < 4.78 is 67.7. The summed E-state index contributed by atoms with van der Waals surface area (Å²) in [5, 5.41) is 6.54. The van der Waals surface area contributed by atoms with Crippen LogP contribution in [0.4, 0.5) is 13.2 Å². The average molecular weight is 518 g/mol. The highest BCUT2D eigenvalue weighted by Gasteiger charge is 2.58. The lowest BCUT2D eigenvalue weighted by Crippen LogP contribution is -2.62. The van der Waals surface area contributed by atoms with Crippen molar-refractivity contribution in [2.75, 3.05) is 6.26 Å². The second kappa shape index (κ2) is 8.32. The number of aromatic nitrogens is 2. The van der Waals surface area contributed by atoms with Crippen molar-refractivity contribution >= 4 is 28.0 Å². The van der Waals surface area contributed by atoms with Crippen molar-refractivity contribution in [2.45, 2.75) is 63.7 Å². The largest absolute Gasteiger partial charge is 0.434 e. The molecule has 4 aliphatic carbocycles. The molecular formula is C22H30F3N5O4S. The lowest BCUT2D eigenvalue weighted by molar-refractivity contribution is -0.145. The normalized spacial score (nSPS) is 30.7. The number of nitrogens with one attached hydrogen (secondary N) is 2. The van der Waals surface area contributed by atoms with Crippen molar-refractivity contribution in [3.05, 3.63) is 23.5 Å². The third-order valence-electron chi connectivity index (χ3n) is 7.48. The number of nitrogens with zero attached hydrogens (tertiary/aromatic N) is 2. The van der Waals surface area contributed by atoms with Gasteiger partial charge in [0, 0.05) is 23.2 Å². The minimum Gasteiger partial charge on any atom is -0.369 e. The number of amides is 2. The molecule has 9 nitrogen and oxygen atoms in total. The minimum absolute atomic E-state index is 0.00940. The molecule has 1 heterocycles. The zero-order chi connectivity index (χ0) is 26.0. The molecule has 35 heavy (non-hydrogen) atoms. The summed E-state index contributed by atoms with van der Waals surface area (Å²) >= 11 is 0. The van der Waals surface area contributed by atoms with E-state index in [0.717, 1.165) is 37.9 Å². The SMILES string of the molecule is CC(C)(/C=C/n1ncc(C(=O)N[C@H]2C3CC4CC2C[C@](C(N)=O)(C4)C3)c1C(F)(F)F)NS(C)(=O)=O. The fourth-order valence-corrected chi connectivity index (χ4v) is 7.51. The van der Waals surface area contributed by atoms with Gasteiger partial charge < -0.3 is 11.1 Å². The summed E-state index contributed by atoms with van der Waals surface area (Å²) in [7, 11) is -3.61. The van der Waals surface area contributed by atoms with E-state index in [9.17, 15) is 31.2 Å². The third-order valence-corrected chi connectivity index (χ3v) is 8.38. The number of rotatable bonds is 7. The zero-order valence-electron chi connectivity index (χ0n) is 19.7. The van der Waals surface area contributed by atoms with Crippen LogP contribution in [0.1, 0.15) is 62.0 Å². The Morgan fingerprint density at radius 1 is 1.20 bits per heavy atom. The van der Waals surface area contributed by atoms with Gasteiger partial charge >= 0.3 is 6.18 Å². The Balaban J connectivity index is 1.57. The van der Waals surface area contributed by atoms with E-state index in [4.69, 9.17) is 5.73 Å². The number of carbonyl (C=O) groups is 2. The van der Waals surface area contributed by atoms with E-state index in [2.05, 4.69) is 15.1 Å². The van der Waals surface area contributed by atoms with Crippen LogP contribution in [0, 0.1) is 23.2 Å². The van der Waals surface area contributed by atoms with Crippen molar-refractivity contribution in [3.8, 4) is 0 Å². The van der Waals surface area contributed by atoms with Gasteiger partial charge in [0.2, 0.25) is 15.9 Å². The number of carbonyl (C=O) groups excluding carboxylic acids is 2. The molecule has 1 aromatic rings. The second-order valence-electron chi connectivity index (χ2n) is 10.9. The number of halogens is 3. The van der Waals surface area contributed by atoms with Gasteiger partial charge in [-0.3, -0.25) is 9.59 Å². The van der Waals surface area contributed by atoms with E-state index < -0.39 is 44.3 Å². The molecule has 0 spiro atoms. The van der Waals surface area contributed by atoms with Crippen LogP contribution in [0.2, 0.25) is 0 Å². The monoisotopic (exact) mass is 517 g/mol. The molecule has 0 aliphatic heterocycles. The molecule has 2 unspecified atom stereocenters. The maximum atomic E-state index is 14.0. The molecule has 4 bridgehead atoms. The highest BCUT2D eigenvalue weighted by Crippen LogP contribution is 2.60. The standard InChI is InChI=1S/C22H30F3N5O4S/c1-20(2,29-35(3,33)34)4-5-30-17(22(23,24)25)15(11-27-30)18(31)28-16-13-6-12-7-14(16)10-21(8-12,9-13)19(26)32/h4-5,11-14,16,29H,6-10H2,1-3H3,(H2,26,32)(H,28,31)/b5-4+/t12?,13?,14?,16-,21-. The van der Waals surface area contributed by atoms with Gasteiger partial charge in [0.1, 0.15) is 0 Å². The first kappa shape index (κ1) is 25.7. The van der Waals surface area contributed by atoms with Crippen LogP contribution in [0.3, 0.4) is 0 Å². The number of primary amides is 1. The zero-order valence-corrected chi connectivity index (χ0v) is 20.5. The Bertz CT molecular complexity index is 1160. The van der Waals surface area contributed by atoms with Gasteiger partial charge in [0.05, 0.1) is 18.0 Å². The average Bonchev–Trinajstić information content (AvgIpc) is 3.11. The molecule has 4 saturated carbocycles. The Morgan fingerprint density at radius 3 is 2.31 bits per heavy atom. The molecule has 4 aliphatic rings. The first-order valence-electron chi connectivity index (χ1n) is 11.4. The van der Waals surface area contributed by atoms with Crippen LogP contribution in [0.15, 0.2) is 12.3 Å². The molecule has 2 atom stereocenters. The van der Waals surface area contributed by atoms with Crippen LogP contribution in [0.5, 0.6) is 0 Å². The van der Waals surface area contributed by atoms with Gasteiger partial charge in [-0.15, -0.1) is 0 Å². The van der Waals surface area contributed by atoms with E-state index in [-0.39, 0.29) is 23.8 Å². The predicted octanol–water partition coefficient (Wildman–Crippen LogP) is 2.11. The Labute approximate surface area is 201 Å². The third kappa shape index (κ3) is 5.11. The lowest BCUT2D eigenvalue weighted by Gasteiger charge is -2.58. The fourth-order valence-electron chi connectivity index (χ4n) is 6.48. The van der Waals surface area contributed by atoms with Crippen molar-refractivity contribution in [2.24, 2.45) is 28.9 Å². The second-order valence-corrected chi connectivity index (χ2v) is 12.6. The van der Waals surface area contributed by atoms with Crippen molar-refractivity contribution in [3.63, 3.8) is 0 Å². The van der Waals surface area contributed by atoms with Crippen molar-refractivity contribution in [1.29, 1.82) is 0 Å². The molecule has 194 valence electrons. The summed E-state index contributed by atoms with van der Waals surface area (Å²) in [5.74, 6) is -0.885. The molecule has 13 heteroatoms. The summed E-state index contributed by atoms with van der Waals surface area (Å²) in [6.07, 6.45) is 2.57. The van der Waals surface area contributed by atoms with Crippen LogP contribution < -0.4 is 15.8 Å².